The summed E-state index contributed by atoms with van der Waals surface area (Å²) in [6.07, 6.45) is 6.87. The Morgan fingerprint density at radius 3 is 2.71 bits per heavy atom. The highest BCUT2D eigenvalue weighted by atomic mass is 16.5. The summed E-state index contributed by atoms with van der Waals surface area (Å²) in [6, 6.07) is 8.84. The van der Waals surface area contributed by atoms with E-state index in [1.165, 1.54) is 37.7 Å². The third kappa shape index (κ3) is 3.47. The highest BCUT2D eigenvalue weighted by Crippen LogP contribution is 2.25. The van der Waals surface area contributed by atoms with Crippen molar-refractivity contribution in [2.75, 3.05) is 7.05 Å². The van der Waals surface area contributed by atoms with Crippen LogP contribution in [0.15, 0.2) is 24.3 Å². The summed E-state index contributed by atoms with van der Waals surface area (Å²) < 4.78 is 6.06. The second kappa shape index (κ2) is 6.06. The van der Waals surface area contributed by atoms with Gasteiger partial charge in [0.05, 0.1) is 6.10 Å². The predicted molar refractivity (Wildman–Crippen MR) is 71.4 cm³/mol. The summed E-state index contributed by atoms with van der Waals surface area (Å²) in [5.74, 6) is 1.02. The summed E-state index contributed by atoms with van der Waals surface area (Å²) >= 11 is 0. The first kappa shape index (κ1) is 12.4. The fraction of sp³-hybridized carbons (Fsp3) is 0.600. The van der Waals surface area contributed by atoms with Gasteiger partial charge in [-0.2, -0.15) is 0 Å². The van der Waals surface area contributed by atoms with Gasteiger partial charge in [-0.1, -0.05) is 18.6 Å². The minimum Gasteiger partial charge on any atom is -0.490 e. The van der Waals surface area contributed by atoms with Crippen molar-refractivity contribution < 1.29 is 4.74 Å². The first-order chi connectivity index (χ1) is 8.29. The fourth-order valence-corrected chi connectivity index (χ4v) is 2.40. The Hall–Kier alpha value is -1.02. The van der Waals surface area contributed by atoms with Crippen LogP contribution in [0, 0.1) is 0 Å². The van der Waals surface area contributed by atoms with E-state index < -0.39 is 0 Å². The average molecular weight is 233 g/mol. The lowest BCUT2D eigenvalue weighted by Crippen LogP contribution is -2.20. The molecule has 1 fully saturated rings. The van der Waals surface area contributed by atoms with Gasteiger partial charge in [-0.25, -0.2) is 0 Å². The number of ether oxygens (including phenoxy) is 1. The van der Waals surface area contributed by atoms with Gasteiger partial charge in [0.1, 0.15) is 5.75 Å². The molecule has 1 atom stereocenters. The molecule has 2 rings (SSSR count). The Labute approximate surface area is 104 Å². The van der Waals surface area contributed by atoms with Crippen LogP contribution in [0.25, 0.3) is 0 Å². The molecule has 2 nitrogen and oxygen atoms in total. The SMILES string of the molecule is CNC(C)c1cccc(OC2CCCCC2)c1. The van der Waals surface area contributed by atoms with Gasteiger partial charge >= 0.3 is 0 Å². The van der Waals surface area contributed by atoms with Crippen LogP contribution in [-0.4, -0.2) is 13.2 Å². The third-order valence-corrected chi connectivity index (χ3v) is 3.65. The standard InChI is InChI=1S/C15H23NO/c1-12(16-2)13-7-6-10-15(11-13)17-14-8-4-3-5-9-14/h6-7,10-12,14,16H,3-5,8-9H2,1-2H3. The molecule has 0 radical (unpaired) electrons. The minimum absolute atomic E-state index is 0.380. The molecular formula is C15H23NO. The van der Waals surface area contributed by atoms with E-state index in [1.807, 2.05) is 7.05 Å². The fourth-order valence-electron chi connectivity index (χ4n) is 2.40. The van der Waals surface area contributed by atoms with Crippen LogP contribution in [0.5, 0.6) is 5.75 Å². The zero-order valence-corrected chi connectivity index (χ0v) is 10.9. The van der Waals surface area contributed by atoms with E-state index >= 15 is 0 Å². The summed E-state index contributed by atoms with van der Waals surface area (Å²) in [5, 5.41) is 3.26. The molecule has 2 heteroatoms. The lowest BCUT2D eigenvalue weighted by molar-refractivity contribution is 0.155. The maximum absolute atomic E-state index is 6.06. The number of nitrogens with one attached hydrogen (secondary N) is 1. The maximum Gasteiger partial charge on any atom is 0.120 e. The molecule has 1 N–H and O–H groups in total. The van der Waals surface area contributed by atoms with Crippen molar-refractivity contribution in [1.29, 1.82) is 0 Å². The predicted octanol–water partition coefficient (Wildman–Crippen LogP) is 3.68. The van der Waals surface area contributed by atoms with Gasteiger partial charge in [0.2, 0.25) is 0 Å². The van der Waals surface area contributed by atoms with E-state index in [-0.39, 0.29) is 0 Å². The molecule has 0 aliphatic heterocycles. The molecule has 0 heterocycles. The molecule has 94 valence electrons. The van der Waals surface area contributed by atoms with E-state index in [4.69, 9.17) is 4.74 Å². The van der Waals surface area contributed by atoms with Crippen molar-refractivity contribution >= 4 is 0 Å². The highest BCUT2D eigenvalue weighted by molar-refractivity contribution is 5.30. The zero-order valence-electron chi connectivity index (χ0n) is 10.9. The van der Waals surface area contributed by atoms with Crippen molar-refractivity contribution in [3.63, 3.8) is 0 Å². The number of hydrogen-bond acceptors (Lipinski definition) is 2. The maximum atomic E-state index is 6.06. The van der Waals surface area contributed by atoms with Gasteiger partial charge in [-0.15, -0.1) is 0 Å². The van der Waals surface area contributed by atoms with Crippen LogP contribution in [0.2, 0.25) is 0 Å². The normalized spacial score (nSPS) is 18.9. The molecule has 1 aliphatic carbocycles. The molecule has 0 spiro atoms. The summed E-state index contributed by atoms with van der Waals surface area (Å²) in [5.41, 5.74) is 1.29. The van der Waals surface area contributed by atoms with Crippen molar-refractivity contribution in [3.8, 4) is 5.75 Å². The molecule has 0 bridgehead atoms. The smallest absolute Gasteiger partial charge is 0.120 e. The Kier molecular flexibility index (Phi) is 4.43. The van der Waals surface area contributed by atoms with Crippen LogP contribution in [-0.2, 0) is 0 Å². The van der Waals surface area contributed by atoms with Gasteiger partial charge in [0.25, 0.3) is 0 Å². The Morgan fingerprint density at radius 1 is 1.24 bits per heavy atom. The molecule has 0 amide bonds. The van der Waals surface area contributed by atoms with Gasteiger partial charge in [0.15, 0.2) is 0 Å². The lowest BCUT2D eigenvalue weighted by atomic mass is 9.98. The van der Waals surface area contributed by atoms with E-state index in [9.17, 15) is 0 Å². The van der Waals surface area contributed by atoms with Crippen molar-refractivity contribution in [3.05, 3.63) is 29.8 Å². The van der Waals surface area contributed by atoms with Gasteiger partial charge in [-0.3, -0.25) is 0 Å². The van der Waals surface area contributed by atoms with Gasteiger partial charge in [0, 0.05) is 6.04 Å². The Morgan fingerprint density at radius 2 is 2.00 bits per heavy atom. The minimum atomic E-state index is 0.380. The van der Waals surface area contributed by atoms with Crippen LogP contribution in [0.1, 0.15) is 50.6 Å². The van der Waals surface area contributed by atoms with Crippen molar-refractivity contribution in [1.82, 2.24) is 5.32 Å². The monoisotopic (exact) mass is 233 g/mol. The van der Waals surface area contributed by atoms with Crippen LogP contribution >= 0.6 is 0 Å². The van der Waals surface area contributed by atoms with Crippen LogP contribution < -0.4 is 10.1 Å². The van der Waals surface area contributed by atoms with Gasteiger partial charge in [-0.05, 0) is 57.4 Å². The highest BCUT2D eigenvalue weighted by Gasteiger charge is 2.15. The van der Waals surface area contributed by atoms with E-state index in [1.54, 1.807) is 0 Å². The zero-order chi connectivity index (χ0) is 12.1. The van der Waals surface area contributed by atoms with Crippen molar-refractivity contribution in [2.45, 2.75) is 51.2 Å². The summed E-state index contributed by atoms with van der Waals surface area (Å²) in [6.45, 7) is 2.17. The van der Waals surface area contributed by atoms with E-state index in [0.29, 0.717) is 12.1 Å². The van der Waals surface area contributed by atoms with E-state index in [0.717, 1.165) is 5.75 Å². The largest absolute Gasteiger partial charge is 0.490 e. The average Bonchev–Trinajstić information content (AvgIpc) is 2.39. The second-order valence-corrected chi connectivity index (χ2v) is 4.96. The first-order valence-electron chi connectivity index (χ1n) is 6.73. The van der Waals surface area contributed by atoms with E-state index in [2.05, 4.69) is 36.5 Å². The second-order valence-electron chi connectivity index (χ2n) is 4.96. The number of hydrogen-bond donors (Lipinski definition) is 1. The Balaban J connectivity index is 2.00. The first-order valence-corrected chi connectivity index (χ1v) is 6.73. The van der Waals surface area contributed by atoms with Crippen molar-refractivity contribution in [2.24, 2.45) is 0 Å². The summed E-state index contributed by atoms with van der Waals surface area (Å²) in [4.78, 5) is 0. The molecule has 1 unspecified atom stereocenters. The third-order valence-electron chi connectivity index (χ3n) is 3.65. The molecule has 0 aromatic heterocycles. The van der Waals surface area contributed by atoms with Crippen LogP contribution in [0.4, 0.5) is 0 Å². The molecule has 1 aromatic carbocycles. The van der Waals surface area contributed by atoms with Crippen LogP contribution in [0.3, 0.4) is 0 Å². The Bertz CT molecular complexity index is 345. The molecule has 1 aliphatic rings. The topological polar surface area (TPSA) is 21.3 Å². The molecule has 0 saturated heterocycles. The van der Waals surface area contributed by atoms with Gasteiger partial charge < -0.3 is 10.1 Å². The summed E-state index contributed by atoms with van der Waals surface area (Å²) in [7, 11) is 1.99. The molecule has 1 aromatic rings. The quantitative estimate of drug-likeness (QED) is 0.856. The lowest BCUT2D eigenvalue weighted by Gasteiger charge is -2.23. The molecule has 17 heavy (non-hydrogen) atoms. The number of benzene rings is 1. The molecular weight excluding hydrogens is 210 g/mol. The number of rotatable bonds is 4. The molecule has 1 saturated carbocycles.